The zero-order chi connectivity index (χ0) is 14.3. The molecular formula is C16H16N2O2. The summed E-state index contributed by atoms with van der Waals surface area (Å²) in [6.07, 6.45) is 0. The van der Waals surface area contributed by atoms with Gasteiger partial charge < -0.3 is 14.3 Å². The number of ketones is 1. The third-order valence-corrected chi connectivity index (χ3v) is 3.43. The van der Waals surface area contributed by atoms with Crippen LogP contribution in [0.25, 0.3) is 10.9 Å². The van der Waals surface area contributed by atoms with Crippen LogP contribution in [0, 0.1) is 6.92 Å². The lowest BCUT2D eigenvalue weighted by Gasteiger charge is -2.15. The van der Waals surface area contributed by atoms with Crippen molar-refractivity contribution in [1.82, 2.24) is 4.98 Å². The Morgan fingerprint density at radius 1 is 1.20 bits per heavy atom. The predicted octanol–water partition coefficient (Wildman–Crippen LogP) is 4.04. The van der Waals surface area contributed by atoms with E-state index in [-0.39, 0.29) is 5.78 Å². The third-order valence-electron chi connectivity index (χ3n) is 3.43. The van der Waals surface area contributed by atoms with Crippen molar-refractivity contribution in [3.8, 4) is 0 Å². The first-order valence-corrected chi connectivity index (χ1v) is 6.49. The zero-order valence-corrected chi connectivity index (χ0v) is 11.7. The normalized spacial score (nSPS) is 10.9. The third kappa shape index (κ3) is 1.90. The number of nitrogens with zero attached hydrogens (tertiary/aromatic N) is 1. The molecule has 0 atom stereocenters. The van der Waals surface area contributed by atoms with Crippen LogP contribution in [0.3, 0.4) is 0 Å². The number of aryl methyl sites for hydroxylation is 1. The predicted molar refractivity (Wildman–Crippen MR) is 79.8 cm³/mol. The van der Waals surface area contributed by atoms with E-state index < -0.39 is 0 Å². The minimum atomic E-state index is 0.0348. The molecule has 0 spiro atoms. The van der Waals surface area contributed by atoms with Crippen LogP contribution in [0.15, 0.2) is 40.8 Å². The van der Waals surface area contributed by atoms with E-state index in [0.717, 1.165) is 22.5 Å². The number of benzene rings is 1. The molecule has 2 heterocycles. The van der Waals surface area contributed by atoms with E-state index in [2.05, 4.69) is 4.98 Å². The first kappa shape index (κ1) is 12.5. The molecule has 0 saturated carbocycles. The standard InChI is InChI=1S/C16H16N2O2/c1-10-8-9-14(20-10)18(3)16-15(11(2)19)12-6-4-5-7-13(12)17-16/h4-9,17H,1-3H3. The van der Waals surface area contributed by atoms with Gasteiger partial charge in [-0.25, -0.2) is 0 Å². The summed E-state index contributed by atoms with van der Waals surface area (Å²) in [5, 5.41) is 0.935. The van der Waals surface area contributed by atoms with E-state index in [9.17, 15) is 4.79 Å². The van der Waals surface area contributed by atoms with Gasteiger partial charge in [0.2, 0.25) is 5.88 Å². The highest BCUT2D eigenvalue weighted by atomic mass is 16.4. The van der Waals surface area contributed by atoms with Crippen LogP contribution in [-0.2, 0) is 0 Å². The summed E-state index contributed by atoms with van der Waals surface area (Å²) < 4.78 is 5.63. The van der Waals surface area contributed by atoms with Crippen molar-refractivity contribution in [2.75, 3.05) is 11.9 Å². The molecule has 0 fully saturated rings. The van der Waals surface area contributed by atoms with E-state index in [4.69, 9.17) is 4.42 Å². The lowest BCUT2D eigenvalue weighted by Crippen LogP contribution is -2.12. The smallest absolute Gasteiger partial charge is 0.200 e. The fraction of sp³-hybridized carbons (Fsp3) is 0.188. The summed E-state index contributed by atoms with van der Waals surface area (Å²) in [6, 6.07) is 11.6. The number of H-pyrrole nitrogens is 1. The lowest BCUT2D eigenvalue weighted by molar-refractivity contribution is 0.102. The molecular weight excluding hydrogens is 252 g/mol. The largest absolute Gasteiger partial charge is 0.445 e. The number of rotatable bonds is 3. The number of hydrogen-bond acceptors (Lipinski definition) is 3. The van der Waals surface area contributed by atoms with Gasteiger partial charge in [-0.2, -0.15) is 0 Å². The Balaban J connectivity index is 2.20. The Morgan fingerprint density at radius 2 is 1.95 bits per heavy atom. The number of aromatic amines is 1. The number of carbonyl (C=O) groups is 1. The van der Waals surface area contributed by atoms with Crippen LogP contribution in [-0.4, -0.2) is 17.8 Å². The topological polar surface area (TPSA) is 49.2 Å². The van der Waals surface area contributed by atoms with Gasteiger partial charge >= 0.3 is 0 Å². The molecule has 0 aliphatic rings. The minimum absolute atomic E-state index is 0.0348. The molecule has 3 rings (SSSR count). The van der Waals surface area contributed by atoms with E-state index in [1.807, 2.05) is 55.3 Å². The van der Waals surface area contributed by atoms with Gasteiger partial charge in [0, 0.05) is 24.0 Å². The van der Waals surface area contributed by atoms with Crippen molar-refractivity contribution < 1.29 is 9.21 Å². The quantitative estimate of drug-likeness (QED) is 0.729. The molecule has 4 nitrogen and oxygen atoms in total. The van der Waals surface area contributed by atoms with Gasteiger partial charge in [0.25, 0.3) is 0 Å². The lowest BCUT2D eigenvalue weighted by atomic mass is 10.1. The Labute approximate surface area is 117 Å². The van der Waals surface area contributed by atoms with Crippen LogP contribution >= 0.6 is 0 Å². The summed E-state index contributed by atoms with van der Waals surface area (Å²) in [6.45, 7) is 3.48. The van der Waals surface area contributed by atoms with Gasteiger partial charge in [0.05, 0.1) is 5.56 Å². The first-order chi connectivity index (χ1) is 9.58. The van der Waals surface area contributed by atoms with Gasteiger partial charge in [0.1, 0.15) is 11.6 Å². The highest BCUT2D eigenvalue weighted by molar-refractivity contribution is 6.12. The fourth-order valence-electron chi connectivity index (χ4n) is 2.45. The second-order valence-electron chi connectivity index (χ2n) is 4.89. The van der Waals surface area contributed by atoms with Gasteiger partial charge in [-0.15, -0.1) is 0 Å². The van der Waals surface area contributed by atoms with E-state index >= 15 is 0 Å². The van der Waals surface area contributed by atoms with E-state index in [1.54, 1.807) is 6.92 Å². The highest BCUT2D eigenvalue weighted by Gasteiger charge is 2.20. The highest BCUT2D eigenvalue weighted by Crippen LogP contribution is 2.33. The van der Waals surface area contributed by atoms with Gasteiger partial charge in [0.15, 0.2) is 5.78 Å². The summed E-state index contributed by atoms with van der Waals surface area (Å²) >= 11 is 0. The maximum Gasteiger partial charge on any atom is 0.200 e. The zero-order valence-electron chi connectivity index (χ0n) is 11.7. The molecule has 1 aromatic carbocycles. The van der Waals surface area contributed by atoms with Crippen LogP contribution in [0.1, 0.15) is 23.0 Å². The van der Waals surface area contributed by atoms with Crippen LogP contribution in [0.2, 0.25) is 0 Å². The molecule has 0 radical (unpaired) electrons. The minimum Gasteiger partial charge on any atom is -0.445 e. The Hall–Kier alpha value is -2.49. The van der Waals surface area contributed by atoms with Gasteiger partial charge in [-0.05, 0) is 26.0 Å². The van der Waals surface area contributed by atoms with E-state index in [1.165, 1.54) is 0 Å². The molecule has 20 heavy (non-hydrogen) atoms. The van der Waals surface area contributed by atoms with Crippen molar-refractivity contribution >= 4 is 28.4 Å². The van der Waals surface area contributed by atoms with Crippen molar-refractivity contribution in [3.63, 3.8) is 0 Å². The fourth-order valence-corrected chi connectivity index (χ4v) is 2.45. The molecule has 0 amide bonds. The molecule has 0 aliphatic heterocycles. The monoisotopic (exact) mass is 268 g/mol. The molecule has 4 heteroatoms. The molecule has 2 aromatic heterocycles. The average molecular weight is 268 g/mol. The number of para-hydroxylation sites is 1. The van der Waals surface area contributed by atoms with Crippen molar-refractivity contribution in [2.24, 2.45) is 0 Å². The molecule has 3 aromatic rings. The second kappa shape index (κ2) is 4.56. The van der Waals surface area contributed by atoms with Crippen molar-refractivity contribution in [2.45, 2.75) is 13.8 Å². The summed E-state index contributed by atoms with van der Waals surface area (Å²) in [5.74, 6) is 2.34. The molecule has 0 unspecified atom stereocenters. The number of hydrogen-bond donors (Lipinski definition) is 1. The molecule has 102 valence electrons. The molecule has 0 saturated heterocycles. The number of anilines is 2. The number of Topliss-reactive ketones (excluding diaryl/α,β-unsaturated/α-hetero) is 1. The number of aromatic nitrogens is 1. The Kier molecular flexibility index (Phi) is 2.86. The first-order valence-electron chi connectivity index (χ1n) is 6.49. The van der Waals surface area contributed by atoms with Crippen LogP contribution in [0.4, 0.5) is 11.7 Å². The average Bonchev–Trinajstić information content (AvgIpc) is 3.01. The molecule has 1 N–H and O–H groups in total. The molecule has 0 aliphatic carbocycles. The van der Waals surface area contributed by atoms with Gasteiger partial charge in [-0.1, -0.05) is 18.2 Å². The summed E-state index contributed by atoms with van der Waals surface area (Å²) in [4.78, 5) is 17.2. The number of carbonyl (C=O) groups excluding carboxylic acids is 1. The molecule has 0 bridgehead atoms. The Morgan fingerprint density at radius 3 is 2.60 bits per heavy atom. The summed E-state index contributed by atoms with van der Waals surface area (Å²) in [5.41, 5.74) is 1.64. The number of nitrogens with one attached hydrogen (secondary N) is 1. The summed E-state index contributed by atoms with van der Waals surface area (Å²) in [7, 11) is 1.88. The number of fused-ring (bicyclic) bond motifs is 1. The Bertz CT molecular complexity index is 783. The van der Waals surface area contributed by atoms with Gasteiger partial charge in [-0.3, -0.25) is 4.79 Å². The van der Waals surface area contributed by atoms with Crippen molar-refractivity contribution in [1.29, 1.82) is 0 Å². The van der Waals surface area contributed by atoms with Crippen LogP contribution < -0.4 is 4.90 Å². The van der Waals surface area contributed by atoms with Crippen LogP contribution in [0.5, 0.6) is 0 Å². The van der Waals surface area contributed by atoms with E-state index in [0.29, 0.717) is 11.4 Å². The maximum absolute atomic E-state index is 12.0. The number of furan rings is 1. The maximum atomic E-state index is 12.0. The van der Waals surface area contributed by atoms with Crippen molar-refractivity contribution in [3.05, 3.63) is 47.7 Å². The second-order valence-corrected chi connectivity index (χ2v) is 4.89. The SMILES string of the molecule is CC(=O)c1c(N(C)c2ccc(C)o2)[nH]c2ccccc12.